The van der Waals surface area contributed by atoms with E-state index in [1.165, 1.54) is 0 Å². The Balaban J connectivity index is 1.46. The van der Waals surface area contributed by atoms with Gasteiger partial charge in [0.1, 0.15) is 5.56 Å². The highest BCUT2D eigenvalue weighted by atomic mass is 16.2. The van der Waals surface area contributed by atoms with Gasteiger partial charge in [-0.05, 0) is 43.8 Å². The number of likely N-dealkylation sites (tertiary alicyclic amines) is 1. The van der Waals surface area contributed by atoms with Gasteiger partial charge in [-0.3, -0.25) is 4.79 Å². The predicted molar refractivity (Wildman–Crippen MR) is 103 cm³/mol. The number of rotatable bonds is 2. The highest BCUT2D eigenvalue weighted by molar-refractivity contribution is 6.00. The molecule has 1 amide bonds. The number of hydrogen-bond donors (Lipinski definition) is 1. The van der Waals surface area contributed by atoms with Crippen LogP contribution in [0.3, 0.4) is 0 Å². The van der Waals surface area contributed by atoms with Crippen LogP contribution in [0.1, 0.15) is 23.2 Å². The second-order valence-corrected chi connectivity index (χ2v) is 7.54. The fraction of sp³-hybridized carbons (Fsp3) is 0.381. The van der Waals surface area contributed by atoms with Crippen molar-refractivity contribution in [3.8, 4) is 11.3 Å². The molecule has 0 radical (unpaired) electrons. The number of hydrogen-bond acceptors (Lipinski definition) is 4. The van der Waals surface area contributed by atoms with Crippen LogP contribution in [0, 0.1) is 11.8 Å². The van der Waals surface area contributed by atoms with Gasteiger partial charge in [0, 0.05) is 24.8 Å². The first kappa shape index (κ1) is 16.4. The summed E-state index contributed by atoms with van der Waals surface area (Å²) in [6.45, 7) is 3.81. The van der Waals surface area contributed by atoms with Gasteiger partial charge in [0.05, 0.1) is 11.9 Å². The second-order valence-electron chi connectivity index (χ2n) is 7.54. The molecule has 2 fully saturated rings. The number of benzene rings is 1. The summed E-state index contributed by atoms with van der Waals surface area (Å²) in [6, 6.07) is 12.0. The van der Waals surface area contributed by atoms with E-state index >= 15 is 0 Å². The summed E-state index contributed by atoms with van der Waals surface area (Å²) in [5, 5.41) is 7.97. The van der Waals surface area contributed by atoms with E-state index in [4.69, 9.17) is 0 Å². The van der Waals surface area contributed by atoms with Crippen molar-refractivity contribution in [1.82, 2.24) is 24.8 Å². The van der Waals surface area contributed by atoms with Gasteiger partial charge in [-0.1, -0.05) is 30.3 Å². The molecule has 4 heterocycles. The van der Waals surface area contributed by atoms with Crippen LogP contribution < -0.4 is 5.32 Å². The third-order valence-electron chi connectivity index (χ3n) is 6.01. The van der Waals surface area contributed by atoms with Gasteiger partial charge in [0.25, 0.3) is 5.91 Å². The molecule has 6 heteroatoms. The number of nitrogens with zero attached hydrogens (tertiary/aromatic N) is 4. The summed E-state index contributed by atoms with van der Waals surface area (Å²) >= 11 is 0. The van der Waals surface area contributed by atoms with Gasteiger partial charge in [0.15, 0.2) is 5.65 Å². The third kappa shape index (κ3) is 2.90. The summed E-state index contributed by atoms with van der Waals surface area (Å²) in [7, 11) is 0. The number of fused-ring (bicyclic) bond motifs is 2. The average Bonchev–Trinajstić information content (AvgIpc) is 3.30. The van der Waals surface area contributed by atoms with E-state index in [1.807, 2.05) is 41.3 Å². The molecule has 0 spiro atoms. The molecule has 27 heavy (non-hydrogen) atoms. The molecule has 0 bridgehead atoms. The molecule has 0 aliphatic carbocycles. The Morgan fingerprint density at radius 3 is 2.52 bits per heavy atom. The van der Waals surface area contributed by atoms with Crippen LogP contribution in [0.4, 0.5) is 0 Å². The van der Waals surface area contributed by atoms with E-state index in [1.54, 1.807) is 16.9 Å². The van der Waals surface area contributed by atoms with Crippen molar-refractivity contribution in [3.63, 3.8) is 0 Å². The minimum absolute atomic E-state index is 0.0515. The summed E-state index contributed by atoms with van der Waals surface area (Å²) < 4.78 is 1.78. The number of aromatic nitrogens is 3. The second kappa shape index (κ2) is 6.78. The molecule has 1 N–H and O–H groups in total. The van der Waals surface area contributed by atoms with Gasteiger partial charge < -0.3 is 10.2 Å². The molecule has 2 saturated heterocycles. The third-order valence-corrected chi connectivity index (χ3v) is 6.01. The van der Waals surface area contributed by atoms with Crippen LogP contribution in [-0.2, 0) is 0 Å². The molecule has 2 aliphatic rings. The van der Waals surface area contributed by atoms with Crippen LogP contribution in [0.5, 0.6) is 0 Å². The van der Waals surface area contributed by atoms with E-state index in [2.05, 4.69) is 15.4 Å². The Morgan fingerprint density at radius 1 is 1.04 bits per heavy atom. The number of nitrogens with one attached hydrogen (secondary N) is 1. The van der Waals surface area contributed by atoms with E-state index < -0.39 is 0 Å². The first-order chi connectivity index (χ1) is 13.3. The Kier molecular flexibility index (Phi) is 4.13. The first-order valence-corrected chi connectivity index (χ1v) is 9.69. The van der Waals surface area contributed by atoms with Crippen LogP contribution in [0.25, 0.3) is 16.9 Å². The van der Waals surface area contributed by atoms with Crippen molar-refractivity contribution in [3.05, 3.63) is 54.4 Å². The zero-order valence-electron chi connectivity index (χ0n) is 15.2. The predicted octanol–water partition coefficient (Wildman–Crippen LogP) is 2.47. The Bertz CT molecular complexity index is 953. The van der Waals surface area contributed by atoms with Crippen LogP contribution in [0.15, 0.2) is 48.8 Å². The van der Waals surface area contributed by atoms with Crippen LogP contribution in [-0.4, -0.2) is 51.6 Å². The molecule has 2 aliphatic heterocycles. The van der Waals surface area contributed by atoms with Crippen molar-refractivity contribution in [2.75, 3.05) is 26.2 Å². The van der Waals surface area contributed by atoms with E-state index in [9.17, 15) is 4.79 Å². The van der Waals surface area contributed by atoms with Gasteiger partial charge >= 0.3 is 0 Å². The maximum absolute atomic E-state index is 13.2. The lowest BCUT2D eigenvalue weighted by Crippen LogP contribution is -2.32. The molecule has 6 nitrogen and oxygen atoms in total. The zero-order chi connectivity index (χ0) is 18.2. The number of amides is 1. The summed E-state index contributed by atoms with van der Waals surface area (Å²) in [5.74, 6) is 1.46. The number of carbonyl (C=O) groups excluding carboxylic acids is 1. The normalized spacial score (nSPS) is 22.6. The lowest BCUT2D eigenvalue weighted by molar-refractivity contribution is 0.0760. The molecule has 2 aromatic heterocycles. The molecule has 1 aromatic carbocycles. The van der Waals surface area contributed by atoms with Crippen molar-refractivity contribution >= 4 is 11.6 Å². The van der Waals surface area contributed by atoms with Gasteiger partial charge in [-0.15, -0.1) is 0 Å². The first-order valence-electron chi connectivity index (χ1n) is 9.69. The maximum Gasteiger partial charge on any atom is 0.259 e. The van der Waals surface area contributed by atoms with Crippen molar-refractivity contribution in [2.24, 2.45) is 11.8 Å². The fourth-order valence-corrected chi connectivity index (χ4v) is 4.46. The number of carbonyl (C=O) groups is 1. The van der Waals surface area contributed by atoms with Crippen molar-refractivity contribution in [2.45, 2.75) is 12.8 Å². The molecule has 138 valence electrons. The average molecular weight is 361 g/mol. The Morgan fingerprint density at radius 2 is 1.78 bits per heavy atom. The smallest absolute Gasteiger partial charge is 0.259 e. The maximum atomic E-state index is 13.2. The van der Waals surface area contributed by atoms with Gasteiger partial charge in [-0.2, -0.15) is 5.10 Å². The van der Waals surface area contributed by atoms with Crippen molar-refractivity contribution in [1.29, 1.82) is 0 Å². The molecule has 5 rings (SSSR count). The highest BCUT2D eigenvalue weighted by Crippen LogP contribution is 2.28. The summed E-state index contributed by atoms with van der Waals surface area (Å²) in [4.78, 5) is 19.7. The minimum Gasteiger partial charge on any atom is -0.338 e. The van der Waals surface area contributed by atoms with Crippen molar-refractivity contribution < 1.29 is 4.79 Å². The van der Waals surface area contributed by atoms with E-state index in [-0.39, 0.29) is 5.91 Å². The van der Waals surface area contributed by atoms with Gasteiger partial charge in [-0.25, -0.2) is 9.50 Å². The zero-order valence-corrected chi connectivity index (χ0v) is 15.2. The van der Waals surface area contributed by atoms with E-state index in [0.29, 0.717) is 23.0 Å². The molecular formula is C21H23N5O. The summed E-state index contributed by atoms with van der Waals surface area (Å²) in [5.41, 5.74) is 3.23. The molecule has 3 aromatic rings. The minimum atomic E-state index is 0.0515. The molecule has 2 atom stereocenters. The molecule has 0 unspecified atom stereocenters. The lowest BCUT2D eigenvalue weighted by Gasteiger charge is -2.20. The SMILES string of the molecule is O=C(c1cnn2c(-c3ccccc3)ccnc12)N1CC[C@@H]2CNC[C@@H]2CC1. The van der Waals surface area contributed by atoms with Gasteiger partial charge in [0.2, 0.25) is 0 Å². The monoisotopic (exact) mass is 361 g/mol. The van der Waals surface area contributed by atoms with Crippen LogP contribution in [0.2, 0.25) is 0 Å². The topological polar surface area (TPSA) is 62.5 Å². The quantitative estimate of drug-likeness (QED) is 0.762. The largest absolute Gasteiger partial charge is 0.338 e. The van der Waals surface area contributed by atoms with Crippen LogP contribution >= 0.6 is 0 Å². The fourth-order valence-electron chi connectivity index (χ4n) is 4.46. The highest BCUT2D eigenvalue weighted by Gasteiger charge is 2.32. The lowest BCUT2D eigenvalue weighted by atomic mass is 9.92. The Hall–Kier alpha value is -2.73. The standard InChI is InChI=1S/C21H23N5O/c27-21(25-10-7-16-12-22-13-17(16)8-11-25)18-14-24-26-19(6-9-23-20(18)26)15-4-2-1-3-5-15/h1-6,9,14,16-17,22H,7-8,10-13H2/t16-,17+. The summed E-state index contributed by atoms with van der Waals surface area (Å²) in [6.07, 6.45) is 5.58. The Labute approximate surface area is 158 Å². The van der Waals surface area contributed by atoms with E-state index in [0.717, 1.165) is 50.3 Å². The molecular weight excluding hydrogens is 338 g/mol. The molecule has 0 saturated carbocycles.